The highest BCUT2D eigenvalue weighted by atomic mass is 16.5. The SMILES string of the molecule is CCCCCC(C)NC(=O)c1ccc(N)c(OC)c1. The fraction of sp³-hybridized carbons (Fsp3) is 0.533. The van der Waals surface area contributed by atoms with Gasteiger partial charge in [0.05, 0.1) is 12.8 Å². The van der Waals surface area contributed by atoms with Crippen LogP contribution in [-0.4, -0.2) is 19.1 Å². The fourth-order valence-corrected chi connectivity index (χ4v) is 1.93. The van der Waals surface area contributed by atoms with Gasteiger partial charge in [-0.05, 0) is 31.5 Å². The van der Waals surface area contributed by atoms with Crippen LogP contribution in [0, 0.1) is 0 Å². The van der Waals surface area contributed by atoms with Crippen molar-refractivity contribution < 1.29 is 9.53 Å². The van der Waals surface area contributed by atoms with Gasteiger partial charge >= 0.3 is 0 Å². The largest absolute Gasteiger partial charge is 0.495 e. The van der Waals surface area contributed by atoms with Crippen LogP contribution < -0.4 is 15.8 Å². The molecule has 0 radical (unpaired) electrons. The summed E-state index contributed by atoms with van der Waals surface area (Å²) in [5.41, 5.74) is 6.84. The van der Waals surface area contributed by atoms with Crippen molar-refractivity contribution in [2.24, 2.45) is 0 Å². The number of benzene rings is 1. The molecule has 0 spiro atoms. The first-order valence-electron chi connectivity index (χ1n) is 6.82. The van der Waals surface area contributed by atoms with E-state index in [1.807, 2.05) is 6.92 Å². The Morgan fingerprint density at radius 3 is 2.79 bits per heavy atom. The molecule has 1 atom stereocenters. The number of nitrogen functional groups attached to an aromatic ring is 1. The lowest BCUT2D eigenvalue weighted by Gasteiger charge is -2.14. The van der Waals surface area contributed by atoms with Crippen LogP contribution in [0.25, 0.3) is 0 Å². The summed E-state index contributed by atoms with van der Waals surface area (Å²) < 4.78 is 5.12. The number of amides is 1. The van der Waals surface area contributed by atoms with E-state index in [-0.39, 0.29) is 11.9 Å². The normalized spacial score (nSPS) is 11.9. The van der Waals surface area contributed by atoms with Crippen LogP contribution in [0.15, 0.2) is 18.2 Å². The maximum absolute atomic E-state index is 12.1. The summed E-state index contributed by atoms with van der Waals surface area (Å²) in [6.07, 6.45) is 4.54. The van der Waals surface area contributed by atoms with Gasteiger partial charge in [0.25, 0.3) is 5.91 Å². The Balaban J connectivity index is 2.57. The Bertz CT molecular complexity index is 419. The van der Waals surface area contributed by atoms with Gasteiger partial charge in [0.15, 0.2) is 0 Å². The number of nitrogens with one attached hydrogen (secondary N) is 1. The predicted molar refractivity (Wildman–Crippen MR) is 78.5 cm³/mol. The second kappa shape index (κ2) is 7.67. The van der Waals surface area contributed by atoms with Crippen molar-refractivity contribution in [1.82, 2.24) is 5.32 Å². The van der Waals surface area contributed by atoms with E-state index in [2.05, 4.69) is 12.2 Å². The number of carbonyl (C=O) groups excluding carboxylic acids is 1. The number of nitrogens with two attached hydrogens (primary N) is 1. The summed E-state index contributed by atoms with van der Waals surface area (Å²) in [5, 5.41) is 2.99. The number of carbonyl (C=O) groups is 1. The van der Waals surface area contributed by atoms with Crippen LogP contribution in [0.1, 0.15) is 49.9 Å². The highest BCUT2D eigenvalue weighted by Crippen LogP contribution is 2.22. The van der Waals surface area contributed by atoms with Gasteiger partial charge < -0.3 is 15.8 Å². The maximum atomic E-state index is 12.1. The first-order chi connectivity index (χ1) is 9.08. The van der Waals surface area contributed by atoms with Crippen LogP contribution in [-0.2, 0) is 0 Å². The predicted octanol–water partition coefficient (Wildman–Crippen LogP) is 2.98. The van der Waals surface area contributed by atoms with E-state index in [1.165, 1.54) is 12.8 Å². The molecular weight excluding hydrogens is 240 g/mol. The van der Waals surface area contributed by atoms with E-state index in [1.54, 1.807) is 25.3 Å². The molecule has 19 heavy (non-hydrogen) atoms. The topological polar surface area (TPSA) is 64.4 Å². The molecule has 3 N–H and O–H groups in total. The zero-order valence-electron chi connectivity index (χ0n) is 12.0. The van der Waals surface area contributed by atoms with Gasteiger partial charge in [0.2, 0.25) is 0 Å². The molecule has 106 valence electrons. The monoisotopic (exact) mass is 264 g/mol. The summed E-state index contributed by atoms with van der Waals surface area (Å²) in [6, 6.07) is 5.26. The molecule has 0 saturated heterocycles. The van der Waals surface area contributed by atoms with E-state index in [0.29, 0.717) is 17.0 Å². The molecule has 0 aliphatic heterocycles. The highest BCUT2D eigenvalue weighted by Gasteiger charge is 2.11. The van der Waals surface area contributed by atoms with Gasteiger partial charge in [-0.15, -0.1) is 0 Å². The second-order valence-corrected chi connectivity index (χ2v) is 4.83. The number of methoxy groups -OCH3 is 1. The zero-order valence-corrected chi connectivity index (χ0v) is 12.0. The molecule has 0 bridgehead atoms. The van der Waals surface area contributed by atoms with E-state index in [0.717, 1.165) is 12.8 Å². The van der Waals surface area contributed by atoms with E-state index in [9.17, 15) is 4.79 Å². The van der Waals surface area contributed by atoms with Crippen LogP contribution in [0.3, 0.4) is 0 Å². The number of hydrogen-bond donors (Lipinski definition) is 2. The van der Waals surface area contributed by atoms with Crippen molar-refractivity contribution in [2.45, 2.75) is 45.6 Å². The number of ether oxygens (including phenoxy) is 1. The fourth-order valence-electron chi connectivity index (χ4n) is 1.93. The summed E-state index contributed by atoms with van der Waals surface area (Å²) >= 11 is 0. The molecule has 0 aliphatic rings. The van der Waals surface area contributed by atoms with Crippen molar-refractivity contribution in [3.05, 3.63) is 23.8 Å². The van der Waals surface area contributed by atoms with Crippen molar-refractivity contribution in [3.63, 3.8) is 0 Å². The standard InChI is InChI=1S/C15H24N2O2/c1-4-5-6-7-11(2)17-15(18)12-8-9-13(16)14(10-12)19-3/h8-11H,4-7,16H2,1-3H3,(H,17,18). The van der Waals surface area contributed by atoms with Gasteiger partial charge in [-0.2, -0.15) is 0 Å². The number of anilines is 1. The number of rotatable bonds is 7. The lowest BCUT2D eigenvalue weighted by atomic mass is 10.1. The van der Waals surface area contributed by atoms with Crippen molar-refractivity contribution in [3.8, 4) is 5.75 Å². The van der Waals surface area contributed by atoms with Crippen LogP contribution in [0.2, 0.25) is 0 Å². The molecule has 0 fully saturated rings. The Morgan fingerprint density at radius 2 is 2.16 bits per heavy atom. The third-order valence-electron chi connectivity index (χ3n) is 3.11. The number of unbranched alkanes of at least 4 members (excludes halogenated alkanes) is 2. The second-order valence-electron chi connectivity index (χ2n) is 4.83. The van der Waals surface area contributed by atoms with Gasteiger partial charge in [0.1, 0.15) is 5.75 Å². The van der Waals surface area contributed by atoms with Gasteiger partial charge in [0, 0.05) is 11.6 Å². The minimum atomic E-state index is -0.0812. The average Bonchev–Trinajstić information content (AvgIpc) is 2.39. The molecule has 1 rings (SSSR count). The summed E-state index contributed by atoms with van der Waals surface area (Å²) in [4.78, 5) is 12.1. The van der Waals surface area contributed by atoms with E-state index >= 15 is 0 Å². The lowest BCUT2D eigenvalue weighted by Crippen LogP contribution is -2.32. The summed E-state index contributed by atoms with van der Waals surface area (Å²) in [6.45, 7) is 4.20. The average molecular weight is 264 g/mol. The molecule has 0 aromatic heterocycles. The third-order valence-corrected chi connectivity index (χ3v) is 3.11. The molecule has 0 aliphatic carbocycles. The molecule has 0 heterocycles. The van der Waals surface area contributed by atoms with Crippen LogP contribution >= 0.6 is 0 Å². The molecule has 1 aromatic rings. The molecule has 4 heteroatoms. The van der Waals surface area contributed by atoms with Crippen molar-refractivity contribution in [1.29, 1.82) is 0 Å². The molecule has 4 nitrogen and oxygen atoms in total. The first kappa shape index (κ1) is 15.3. The lowest BCUT2D eigenvalue weighted by molar-refractivity contribution is 0.0937. The van der Waals surface area contributed by atoms with Gasteiger partial charge in [-0.1, -0.05) is 26.2 Å². The molecule has 1 amide bonds. The maximum Gasteiger partial charge on any atom is 0.251 e. The summed E-state index contributed by atoms with van der Waals surface area (Å²) in [5.74, 6) is 0.452. The smallest absolute Gasteiger partial charge is 0.251 e. The summed E-state index contributed by atoms with van der Waals surface area (Å²) in [7, 11) is 1.54. The Morgan fingerprint density at radius 1 is 1.42 bits per heavy atom. The van der Waals surface area contributed by atoms with Crippen molar-refractivity contribution >= 4 is 11.6 Å². The van der Waals surface area contributed by atoms with Crippen LogP contribution in [0.4, 0.5) is 5.69 Å². The molecular formula is C15H24N2O2. The quantitative estimate of drug-likeness (QED) is 0.588. The Hall–Kier alpha value is -1.71. The number of hydrogen-bond acceptors (Lipinski definition) is 3. The zero-order chi connectivity index (χ0) is 14.3. The minimum Gasteiger partial charge on any atom is -0.495 e. The molecule has 0 saturated carbocycles. The molecule has 1 aromatic carbocycles. The Kier molecular flexibility index (Phi) is 6.19. The van der Waals surface area contributed by atoms with Crippen LogP contribution in [0.5, 0.6) is 5.75 Å². The molecule has 1 unspecified atom stereocenters. The van der Waals surface area contributed by atoms with Gasteiger partial charge in [-0.25, -0.2) is 0 Å². The van der Waals surface area contributed by atoms with Crippen molar-refractivity contribution in [2.75, 3.05) is 12.8 Å². The van der Waals surface area contributed by atoms with Gasteiger partial charge in [-0.3, -0.25) is 4.79 Å². The minimum absolute atomic E-state index is 0.0812. The van der Waals surface area contributed by atoms with E-state index < -0.39 is 0 Å². The van der Waals surface area contributed by atoms with E-state index in [4.69, 9.17) is 10.5 Å². The third kappa shape index (κ3) is 4.81. The first-order valence-corrected chi connectivity index (χ1v) is 6.82. The Labute approximate surface area is 115 Å². The highest BCUT2D eigenvalue weighted by molar-refractivity contribution is 5.95.